The lowest BCUT2D eigenvalue weighted by Crippen LogP contribution is -2.32. The van der Waals surface area contributed by atoms with E-state index in [4.69, 9.17) is 9.72 Å². The Balaban J connectivity index is 1.85. The number of piperidine rings is 1. The highest BCUT2D eigenvalue weighted by Crippen LogP contribution is 2.26. The predicted octanol–water partition coefficient (Wildman–Crippen LogP) is 3.24. The van der Waals surface area contributed by atoms with E-state index in [0.717, 1.165) is 37.4 Å². The van der Waals surface area contributed by atoms with E-state index in [0.29, 0.717) is 23.5 Å². The Hall–Kier alpha value is -3.27. The second-order valence-electron chi connectivity index (χ2n) is 7.27. The summed E-state index contributed by atoms with van der Waals surface area (Å²) in [6.07, 6.45) is 3.46. The Morgan fingerprint density at radius 1 is 1.14 bits per heavy atom. The molecule has 3 aromatic rings. The van der Waals surface area contributed by atoms with Crippen LogP contribution < -0.4 is 15.2 Å². The van der Waals surface area contributed by atoms with Crippen LogP contribution in [-0.4, -0.2) is 32.2 Å². The van der Waals surface area contributed by atoms with E-state index >= 15 is 0 Å². The van der Waals surface area contributed by atoms with Crippen molar-refractivity contribution >= 4 is 17.1 Å². The SMILES string of the molecule is CC#CCn1c(N2CCCCC2)nc2nc(Oc3ccccc3C)n(C)c(=O)c21. The molecule has 1 fully saturated rings. The summed E-state index contributed by atoms with van der Waals surface area (Å²) in [5.41, 5.74) is 1.65. The average Bonchev–Trinajstić information content (AvgIpc) is 3.11. The molecule has 2 aromatic heterocycles. The van der Waals surface area contributed by atoms with Gasteiger partial charge in [0.1, 0.15) is 5.75 Å². The molecule has 0 atom stereocenters. The highest BCUT2D eigenvalue weighted by Gasteiger charge is 2.23. The molecule has 0 unspecified atom stereocenters. The number of aromatic nitrogens is 4. The van der Waals surface area contributed by atoms with Crippen molar-refractivity contribution in [2.45, 2.75) is 39.7 Å². The van der Waals surface area contributed by atoms with Gasteiger partial charge in [-0.25, -0.2) is 0 Å². The first-order valence-electron chi connectivity index (χ1n) is 9.95. The van der Waals surface area contributed by atoms with Crippen molar-refractivity contribution in [3.05, 3.63) is 40.2 Å². The smallest absolute Gasteiger partial charge is 0.306 e. The Labute approximate surface area is 170 Å². The minimum absolute atomic E-state index is 0.188. The Morgan fingerprint density at radius 3 is 2.62 bits per heavy atom. The molecule has 1 aliphatic rings. The van der Waals surface area contributed by atoms with Crippen LogP contribution >= 0.6 is 0 Å². The van der Waals surface area contributed by atoms with Crippen LogP contribution in [0.5, 0.6) is 11.8 Å². The van der Waals surface area contributed by atoms with Crippen molar-refractivity contribution in [1.29, 1.82) is 0 Å². The number of ether oxygens (including phenoxy) is 1. The number of hydrogen-bond donors (Lipinski definition) is 0. The number of anilines is 1. The molecular weight excluding hydrogens is 366 g/mol. The van der Waals surface area contributed by atoms with Crippen LogP contribution in [-0.2, 0) is 13.6 Å². The first-order chi connectivity index (χ1) is 14.1. The molecular formula is C22H25N5O2. The monoisotopic (exact) mass is 391 g/mol. The molecule has 0 spiro atoms. The molecule has 0 aliphatic carbocycles. The molecule has 1 aliphatic heterocycles. The zero-order valence-corrected chi connectivity index (χ0v) is 17.1. The van der Waals surface area contributed by atoms with E-state index in [1.165, 1.54) is 11.0 Å². The van der Waals surface area contributed by atoms with Gasteiger partial charge in [0.2, 0.25) is 5.95 Å². The van der Waals surface area contributed by atoms with Crippen molar-refractivity contribution in [3.8, 4) is 23.6 Å². The van der Waals surface area contributed by atoms with Crippen LogP contribution in [0.3, 0.4) is 0 Å². The van der Waals surface area contributed by atoms with E-state index in [9.17, 15) is 4.79 Å². The molecule has 0 bridgehead atoms. The third-order valence-corrected chi connectivity index (χ3v) is 5.27. The second kappa shape index (κ2) is 8.00. The lowest BCUT2D eigenvalue weighted by atomic mass is 10.1. The van der Waals surface area contributed by atoms with E-state index in [1.807, 2.05) is 35.8 Å². The van der Waals surface area contributed by atoms with Crippen LogP contribution in [0.25, 0.3) is 11.2 Å². The highest BCUT2D eigenvalue weighted by molar-refractivity contribution is 5.75. The van der Waals surface area contributed by atoms with Gasteiger partial charge in [0.25, 0.3) is 5.56 Å². The quantitative estimate of drug-likeness (QED) is 0.639. The van der Waals surface area contributed by atoms with Crippen molar-refractivity contribution in [2.75, 3.05) is 18.0 Å². The maximum atomic E-state index is 13.2. The van der Waals surface area contributed by atoms with Crippen molar-refractivity contribution in [2.24, 2.45) is 7.05 Å². The van der Waals surface area contributed by atoms with Crippen LogP contribution in [0.15, 0.2) is 29.1 Å². The number of fused-ring (bicyclic) bond motifs is 1. The van der Waals surface area contributed by atoms with Gasteiger partial charge >= 0.3 is 6.01 Å². The second-order valence-corrected chi connectivity index (χ2v) is 7.27. The number of rotatable bonds is 4. The summed E-state index contributed by atoms with van der Waals surface area (Å²) in [7, 11) is 1.67. The molecule has 0 radical (unpaired) electrons. The summed E-state index contributed by atoms with van der Waals surface area (Å²) in [6.45, 7) is 6.02. The average molecular weight is 391 g/mol. The molecule has 0 saturated carbocycles. The molecule has 7 nitrogen and oxygen atoms in total. The first kappa shape index (κ1) is 19.1. The number of nitrogens with zero attached hydrogens (tertiary/aromatic N) is 5. The fourth-order valence-corrected chi connectivity index (χ4v) is 3.63. The largest absolute Gasteiger partial charge is 0.425 e. The molecule has 150 valence electrons. The number of aryl methyl sites for hydroxylation is 1. The standard InChI is InChI=1S/C22H25N5O2/c1-4-5-15-27-18-19(23-21(27)26-13-9-6-10-14-26)24-22(25(3)20(18)28)29-17-12-8-7-11-16(17)2/h7-8,11-12H,6,9-10,13-15H2,1-3H3. The Morgan fingerprint density at radius 2 is 1.90 bits per heavy atom. The van der Waals surface area contributed by atoms with E-state index in [2.05, 4.69) is 21.7 Å². The summed E-state index contributed by atoms with van der Waals surface area (Å²) < 4.78 is 9.30. The number of imidazole rings is 1. The molecule has 3 heterocycles. The van der Waals surface area contributed by atoms with Gasteiger partial charge in [-0.15, -0.1) is 5.92 Å². The molecule has 29 heavy (non-hydrogen) atoms. The lowest BCUT2D eigenvalue weighted by Gasteiger charge is -2.27. The third-order valence-electron chi connectivity index (χ3n) is 5.27. The maximum absolute atomic E-state index is 13.2. The van der Waals surface area contributed by atoms with Gasteiger partial charge < -0.3 is 9.64 Å². The number of benzene rings is 1. The number of hydrogen-bond acceptors (Lipinski definition) is 5. The minimum atomic E-state index is -0.188. The van der Waals surface area contributed by atoms with Crippen molar-refractivity contribution < 1.29 is 4.74 Å². The summed E-state index contributed by atoms with van der Waals surface area (Å²) in [5.74, 6) is 7.42. The van der Waals surface area contributed by atoms with Gasteiger partial charge in [0, 0.05) is 20.1 Å². The summed E-state index contributed by atoms with van der Waals surface area (Å²) in [6, 6.07) is 7.89. The van der Waals surface area contributed by atoms with Gasteiger partial charge in [-0.3, -0.25) is 13.9 Å². The minimum Gasteiger partial charge on any atom is -0.425 e. The fourth-order valence-electron chi connectivity index (χ4n) is 3.63. The molecule has 1 saturated heterocycles. The summed E-state index contributed by atoms with van der Waals surface area (Å²) in [4.78, 5) is 24.8. The zero-order chi connectivity index (χ0) is 20.4. The highest BCUT2D eigenvalue weighted by atomic mass is 16.5. The van der Waals surface area contributed by atoms with Crippen LogP contribution in [0, 0.1) is 18.8 Å². The summed E-state index contributed by atoms with van der Waals surface area (Å²) >= 11 is 0. The van der Waals surface area contributed by atoms with E-state index in [1.54, 1.807) is 14.0 Å². The molecule has 7 heteroatoms. The lowest BCUT2D eigenvalue weighted by molar-refractivity contribution is 0.412. The maximum Gasteiger partial charge on any atom is 0.306 e. The Kier molecular flexibility index (Phi) is 5.26. The zero-order valence-electron chi connectivity index (χ0n) is 17.1. The first-order valence-corrected chi connectivity index (χ1v) is 9.95. The van der Waals surface area contributed by atoms with E-state index in [-0.39, 0.29) is 11.6 Å². The van der Waals surface area contributed by atoms with Gasteiger partial charge in [-0.1, -0.05) is 24.1 Å². The van der Waals surface area contributed by atoms with Crippen molar-refractivity contribution in [1.82, 2.24) is 19.1 Å². The topological polar surface area (TPSA) is 65.2 Å². The molecule has 4 rings (SSSR count). The van der Waals surface area contributed by atoms with Gasteiger partial charge in [-0.05, 0) is 44.7 Å². The predicted molar refractivity (Wildman–Crippen MR) is 114 cm³/mol. The third kappa shape index (κ3) is 3.58. The molecule has 0 amide bonds. The molecule has 1 aromatic carbocycles. The van der Waals surface area contributed by atoms with Crippen LogP contribution in [0.1, 0.15) is 31.7 Å². The van der Waals surface area contributed by atoms with Crippen LogP contribution in [0.4, 0.5) is 5.95 Å². The van der Waals surface area contributed by atoms with E-state index < -0.39 is 0 Å². The van der Waals surface area contributed by atoms with Gasteiger partial charge in [0.05, 0.1) is 6.54 Å². The fraction of sp³-hybridized carbons (Fsp3) is 0.409. The molecule has 0 N–H and O–H groups in total. The van der Waals surface area contributed by atoms with Crippen molar-refractivity contribution in [3.63, 3.8) is 0 Å². The van der Waals surface area contributed by atoms with Gasteiger partial charge in [0.15, 0.2) is 11.2 Å². The van der Waals surface area contributed by atoms with Crippen LogP contribution in [0.2, 0.25) is 0 Å². The van der Waals surface area contributed by atoms with Gasteiger partial charge in [-0.2, -0.15) is 9.97 Å². The normalized spacial score (nSPS) is 14.0. The number of para-hydroxylation sites is 1. The Bertz CT molecular complexity index is 1160. The summed E-state index contributed by atoms with van der Waals surface area (Å²) in [5, 5.41) is 0.